The molecule has 3 nitrogen and oxygen atoms in total. The van der Waals surface area contributed by atoms with Gasteiger partial charge in [-0.3, -0.25) is 0 Å². The van der Waals surface area contributed by atoms with Crippen LogP contribution in [0.4, 0.5) is 4.39 Å². The van der Waals surface area contributed by atoms with Gasteiger partial charge >= 0.3 is 5.97 Å². The maximum Gasteiger partial charge on any atom is 0.336 e. The van der Waals surface area contributed by atoms with Crippen molar-refractivity contribution >= 4 is 17.6 Å². The van der Waals surface area contributed by atoms with E-state index in [1.54, 1.807) is 6.07 Å². The molecule has 0 unspecified atom stereocenters. The lowest BCUT2D eigenvalue weighted by molar-refractivity contribution is 0.0697. The zero-order valence-electron chi connectivity index (χ0n) is 9.98. The summed E-state index contributed by atoms with van der Waals surface area (Å²) in [5.41, 5.74) is 0.855. The van der Waals surface area contributed by atoms with E-state index < -0.39 is 11.8 Å². The monoisotopic (exact) mass is 280 g/mol. The van der Waals surface area contributed by atoms with Gasteiger partial charge in [0.1, 0.15) is 0 Å². The van der Waals surface area contributed by atoms with E-state index in [-0.39, 0.29) is 11.3 Å². The summed E-state index contributed by atoms with van der Waals surface area (Å²) in [6.07, 6.45) is 0. The molecule has 0 aliphatic rings. The van der Waals surface area contributed by atoms with E-state index in [0.29, 0.717) is 16.1 Å². The molecule has 2 rings (SSSR count). The van der Waals surface area contributed by atoms with Crippen LogP contribution in [0.3, 0.4) is 0 Å². The Balaban J connectivity index is 2.61. The molecule has 0 aromatic heterocycles. The number of ether oxygens (including phenoxy) is 1. The van der Waals surface area contributed by atoms with Gasteiger partial charge in [0.15, 0.2) is 11.6 Å². The van der Waals surface area contributed by atoms with Gasteiger partial charge in [0.2, 0.25) is 0 Å². The number of aromatic carboxylic acids is 1. The molecule has 0 radical (unpaired) electrons. The van der Waals surface area contributed by atoms with Crippen molar-refractivity contribution in [2.24, 2.45) is 0 Å². The second kappa shape index (κ2) is 5.28. The average Bonchev–Trinajstić information content (AvgIpc) is 2.38. The van der Waals surface area contributed by atoms with Crippen LogP contribution in [0.15, 0.2) is 36.4 Å². The van der Waals surface area contributed by atoms with Crippen molar-refractivity contribution in [3.8, 4) is 16.9 Å². The van der Waals surface area contributed by atoms with Gasteiger partial charge in [0.25, 0.3) is 0 Å². The Kier molecular flexibility index (Phi) is 3.71. The Morgan fingerprint density at radius 1 is 1.26 bits per heavy atom. The molecule has 0 spiro atoms. The van der Waals surface area contributed by atoms with Gasteiger partial charge in [-0.25, -0.2) is 9.18 Å². The van der Waals surface area contributed by atoms with E-state index in [9.17, 15) is 9.18 Å². The molecule has 98 valence electrons. The Hall–Kier alpha value is -2.07. The molecule has 1 N–H and O–H groups in total. The van der Waals surface area contributed by atoms with Crippen LogP contribution in [0.25, 0.3) is 11.1 Å². The SMILES string of the molecule is COc1ccc(-c2cc(Cl)ccc2C(=O)O)cc1F. The van der Waals surface area contributed by atoms with Crippen LogP contribution in [0.2, 0.25) is 5.02 Å². The first-order valence-electron chi connectivity index (χ1n) is 5.39. The van der Waals surface area contributed by atoms with Crippen molar-refractivity contribution in [1.29, 1.82) is 0 Å². The first-order chi connectivity index (χ1) is 9.02. The molecule has 0 aliphatic carbocycles. The quantitative estimate of drug-likeness (QED) is 0.929. The van der Waals surface area contributed by atoms with E-state index in [0.717, 1.165) is 0 Å². The Morgan fingerprint density at radius 2 is 2.00 bits per heavy atom. The highest BCUT2D eigenvalue weighted by Crippen LogP contribution is 2.30. The number of carboxylic acid groups (broad SMARTS) is 1. The standard InChI is InChI=1S/C14H10ClFO3/c1-19-13-5-2-8(6-12(13)16)11-7-9(15)3-4-10(11)14(17)18/h2-7H,1H3,(H,17,18). The highest BCUT2D eigenvalue weighted by Gasteiger charge is 2.14. The van der Waals surface area contributed by atoms with Crippen molar-refractivity contribution in [3.63, 3.8) is 0 Å². The Labute approximate surface area is 114 Å². The van der Waals surface area contributed by atoms with Crippen molar-refractivity contribution in [1.82, 2.24) is 0 Å². The third-order valence-electron chi connectivity index (χ3n) is 2.67. The zero-order chi connectivity index (χ0) is 14.0. The fourth-order valence-corrected chi connectivity index (χ4v) is 1.95. The Bertz CT molecular complexity index is 641. The van der Waals surface area contributed by atoms with E-state index in [1.165, 1.54) is 37.4 Å². The van der Waals surface area contributed by atoms with Gasteiger partial charge in [-0.05, 0) is 41.5 Å². The largest absolute Gasteiger partial charge is 0.494 e. The maximum atomic E-state index is 13.7. The molecule has 0 atom stereocenters. The van der Waals surface area contributed by atoms with E-state index in [1.807, 2.05) is 0 Å². The van der Waals surface area contributed by atoms with Crippen LogP contribution in [0, 0.1) is 5.82 Å². The maximum absolute atomic E-state index is 13.7. The van der Waals surface area contributed by atoms with Crippen LogP contribution >= 0.6 is 11.6 Å². The third kappa shape index (κ3) is 2.69. The zero-order valence-corrected chi connectivity index (χ0v) is 10.7. The molecule has 2 aromatic carbocycles. The minimum atomic E-state index is -1.09. The molecule has 5 heteroatoms. The van der Waals surface area contributed by atoms with Gasteiger partial charge in [-0.15, -0.1) is 0 Å². The molecule has 0 aliphatic heterocycles. The summed E-state index contributed by atoms with van der Waals surface area (Å²) in [6.45, 7) is 0. The third-order valence-corrected chi connectivity index (χ3v) is 2.91. The number of hydrogen-bond donors (Lipinski definition) is 1. The van der Waals surface area contributed by atoms with Crippen LogP contribution in [0.5, 0.6) is 5.75 Å². The summed E-state index contributed by atoms with van der Waals surface area (Å²) in [5.74, 6) is -1.55. The number of halogens is 2. The van der Waals surface area contributed by atoms with Gasteiger partial charge in [0, 0.05) is 5.02 Å². The summed E-state index contributed by atoms with van der Waals surface area (Å²) in [7, 11) is 1.36. The van der Waals surface area contributed by atoms with Crippen LogP contribution in [0.1, 0.15) is 10.4 Å². The lowest BCUT2D eigenvalue weighted by atomic mass is 9.99. The summed E-state index contributed by atoms with van der Waals surface area (Å²) in [4.78, 5) is 11.2. The molecule has 2 aromatic rings. The van der Waals surface area contributed by atoms with Gasteiger partial charge in [0.05, 0.1) is 12.7 Å². The summed E-state index contributed by atoms with van der Waals surface area (Å²) >= 11 is 5.86. The molecule has 0 saturated heterocycles. The number of hydrogen-bond acceptors (Lipinski definition) is 2. The number of rotatable bonds is 3. The fourth-order valence-electron chi connectivity index (χ4n) is 1.78. The van der Waals surface area contributed by atoms with Crippen molar-refractivity contribution in [2.45, 2.75) is 0 Å². The predicted molar refractivity (Wildman–Crippen MR) is 70.4 cm³/mol. The molecular weight excluding hydrogens is 271 g/mol. The van der Waals surface area contributed by atoms with Crippen molar-refractivity contribution in [2.75, 3.05) is 7.11 Å². The minimum Gasteiger partial charge on any atom is -0.494 e. The predicted octanol–water partition coefficient (Wildman–Crippen LogP) is 3.85. The Morgan fingerprint density at radius 3 is 2.58 bits per heavy atom. The molecule has 0 saturated carbocycles. The van der Waals surface area contributed by atoms with Crippen LogP contribution < -0.4 is 4.74 Å². The molecule has 0 heterocycles. The fraction of sp³-hybridized carbons (Fsp3) is 0.0714. The van der Waals surface area contributed by atoms with E-state index >= 15 is 0 Å². The molecule has 0 bridgehead atoms. The van der Waals surface area contributed by atoms with Crippen LogP contribution in [-0.4, -0.2) is 18.2 Å². The lowest BCUT2D eigenvalue weighted by Gasteiger charge is -2.09. The number of carbonyl (C=O) groups is 1. The van der Waals surface area contributed by atoms with Gasteiger partial charge in [-0.2, -0.15) is 0 Å². The summed E-state index contributed by atoms with van der Waals surface area (Å²) in [5, 5.41) is 9.51. The lowest BCUT2D eigenvalue weighted by Crippen LogP contribution is -1.99. The number of methoxy groups -OCH3 is 1. The molecular formula is C14H10ClFO3. The highest BCUT2D eigenvalue weighted by molar-refractivity contribution is 6.31. The van der Waals surface area contributed by atoms with E-state index in [2.05, 4.69) is 0 Å². The smallest absolute Gasteiger partial charge is 0.336 e. The van der Waals surface area contributed by atoms with Crippen molar-refractivity contribution in [3.05, 3.63) is 52.8 Å². The summed E-state index contributed by atoms with van der Waals surface area (Å²) in [6, 6.07) is 8.61. The van der Waals surface area contributed by atoms with Gasteiger partial charge < -0.3 is 9.84 Å². The first-order valence-corrected chi connectivity index (χ1v) is 5.77. The second-order valence-corrected chi connectivity index (χ2v) is 4.28. The summed E-state index contributed by atoms with van der Waals surface area (Å²) < 4.78 is 18.5. The van der Waals surface area contributed by atoms with Crippen LogP contribution in [-0.2, 0) is 0 Å². The average molecular weight is 281 g/mol. The molecule has 19 heavy (non-hydrogen) atoms. The topological polar surface area (TPSA) is 46.5 Å². The van der Waals surface area contributed by atoms with Gasteiger partial charge in [-0.1, -0.05) is 17.7 Å². The second-order valence-electron chi connectivity index (χ2n) is 3.84. The normalized spacial score (nSPS) is 10.3. The number of benzene rings is 2. The van der Waals surface area contributed by atoms with Crippen molar-refractivity contribution < 1.29 is 19.0 Å². The highest BCUT2D eigenvalue weighted by atomic mass is 35.5. The molecule has 0 amide bonds. The molecule has 0 fully saturated rings. The van der Waals surface area contributed by atoms with E-state index in [4.69, 9.17) is 21.4 Å². The number of carboxylic acids is 1. The first kappa shape index (κ1) is 13.4. The minimum absolute atomic E-state index is 0.0639.